The SMILES string of the molecule is COc1cc(-c2ccccc2)ncc1C(=O)Nc1ccc2cccnc2n1. The highest BCUT2D eigenvalue weighted by atomic mass is 16.5. The van der Waals surface area contributed by atoms with Crippen LogP contribution >= 0.6 is 0 Å². The van der Waals surface area contributed by atoms with Crippen molar-refractivity contribution in [2.45, 2.75) is 0 Å². The minimum atomic E-state index is -0.346. The summed E-state index contributed by atoms with van der Waals surface area (Å²) in [6.45, 7) is 0. The number of hydrogen-bond donors (Lipinski definition) is 1. The maximum atomic E-state index is 12.7. The predicted molar refractivity (Wildman–Crippen MR) is 104 cm³/mol. The molecule has 132 valence electrons. The van der Waals surface area contributed by atoms with E-state index in [0.717, 1.165) is 16.6 Å². The number of carbonyl (C=O) groups excluding carboxylic acids is 1. The van der Waals surface area contributed by atoms with Gasteiger partial charge < -0.3 is 10.1 Å². The van der Waals surface area contributed by atoms with Crippen molar-refractivity contribution in [3.8, 4) is 17.0 Å². The number of pyridine rings is 3. The molecular weight excluding hydrogens is 340 g/mol. The molecule has 0 saturated heterocycles. The number of rotatable bonds is 4. The van der Waals surface area contributed by atoms with Crippen molar-refractivity contribution in [3.63, 3.8) is 0 Å². The summed E-state index contributed by atoms with van der Waals surface area (Å²) < 4.78 is 5.40. The number of nitrogens with zero attached hydrogens (tertiary/aromatic N) is 3. The summed E-state index contributed by atoms with van der Waals surface area (Å²) in [5.74, 6) is 0.516. The van der Waals surface area contributed by atoms with Gasteiger partial charge in [-0.2, -0.15) is 0 Å². The fourth-order valence-electron chi connectivity index (χ4n) is 2.75. The molecule has 4 rings (SSSR count). The van der Waals surface area contributed by atoms with Crippen molar-refractivity contribution in [3.05, 3.63) is 78.6 Å². The third-order valence-electron chi connectivity index (χ3n) is 4.11. The first-order valence-electron chi connectivity index (χ1n) is 8.37. The Hall–Kier alpha value is -3.80. The first-order chi connectivity index (χ1) is 13.2. The Morgan fingerprint density at radius 1 is 1.00 bits per heavy atom. The number of benzene rings is 1. The molecule has 0 aliphatic rings. The van der Waals surface area contributed by atoms with E-state index in [9.17, 15) is 4.79 Å². The lowest BCUT2D eigenvalue weighted by molar-refractivity contribution is 0.102. The maximum absolute atomic E-state index is 12.7. The summed E-state index contributed by atoms with van der Waals surface area (Å²) in [5.41, 5.74) is 2.59. The lowest BCUT2D eigenvalue weighted by atomic mass is 10.1. The first-order valence-corrected chi connectivity index (χ1v) is 8.37. The van der Waals surface area contributed by atoms with E-state index in [1.54, 1.807) is 18.3 Å². The van der Waals surface area contributed by atoms with Crippen molar-refractivity contribution >= 4 is 22.8 Å². The molecule has 0 fully saturated rings. The van der Waals surface area contributed by atoms with Crippen LogP contribution in [-0.2, 0) is 0 Å². The number of aromatic nitrogens is 3. The molecule has 0 aliphatic heterocycles. The van der Waals surface area contributed by atoms with Gasteiger partial charge in [-0.3, -0.25) is 9.78 Å². The van der Waals surface area contributed by atoms with Gasteiger partial charge in [-0.15, -0.1) is 0 Å². The molecule has 6 nitrogen and oxygen atoms in total. The Morgan fingerprint density at radius 2 is 1.85 bits per heavy atom. The number of amides is 1. The van der Waals surface area contributed by atoms with E-state index in [4.69, 9.17) is 4.74 Å². The lowest BCUT2D eigenvalue weighted by Crippen LogP contribution is -2.14. The molecule has 1 N–H and O–H groups in total. The molecular formula is C21H16N4O2. The van der Waals surface area contributed by atoms with Gasteiger partial charge >= 0.3 is 0 Å². The van der Waals surface area contributed by atoms with Gasteiger partial charge in [0.1, 0.15) is 17.1 Å². The zero-order valence-electron chi connectivity index (χ0n) is 14.6. The molecule has 27 heavy (non-hydrogen) atoms. The second-order valence-electron chi connectivity index (χ2n) is 5.84. The van der Waals surface area contributed by atoms with Gasteiger partial charge in [0.2, 0.25) is 0 Å². The first kappa shape index (κ1) is 16.7. The highest BCUT2D eigenvalue weighted by Crippen LogP contribution is 2.25. The van der Waals surface area contributed by atoms with Crippen molar-refractivity contribution in [2.24, 2.45) is 0 Å². The van der Waals surface area contributed by atoms with Crippen LogP contribution in [-0.4, -0.2) is 28.0 Å². The standard InChI is InChI=1S/C21H16N4O2/c1-27-18-12-17(14-6-3-2-4-7-14)23-13-16(18)21(26)25-19-10-9-15-8-5-11-22-20(15)24-19/h2-13H,1H3,(H,22,24,25,26). The van der Waals surface area contributed by atoms with E-state index < -0.39 is 0 Å². The highest BCUT2D eigenvalue weighted by Gasteiger charge is 2.15. The van der Waals surface area contributed by atoms with E-state index in [1.165, 1.54) is 13.3 Å². The average molecular weight is 356 g/mol. The molecule has 4 aromatic rings. The lowest BCUT2D eigenvalue weighted by Gasteiger charge is -2.10. The fraction of sp³-hybridized carbons (Fsp3) is 0.0476. The zero-order chi connectivity index (χ0) is 18.6. The Labute approximate surface area is 155 Å². The molecule has 1 amide bonds. The summed E-state index contributed by atoms with van der Waals surface area (Å²) >= 11 is 0. The molecule has 1 aromatic carbocycles. The van der Waals surface area contributed by atoms with Crippen molar-refractivity contribution in [1.82, 2.24) is 15.0 Å². The molecule has 0 unspecified atom stereocenters. The van der Waals surface area contributed by atoms with E-state index in [2.05, 4.69) is 20.3 Å². The van der Waals surface area contributed by atoms with E-state index in [-0.39, 0.29) is 5.91 Å². The number of anilines is 1. The zero-order valence-corrected chi connectivity index (χ0v) is 14.6. The van der Waals surface area contributed by atoms with Crippen LogP contribution in [0.1, 0.15) is 10.4 Å². The monoisotopic (exact) mass is 356 g/mol. The van der Waals surface area contributed by atoms with E-state index >= 15 is 0 Å². The van der Waals surface area contributed by atoms with Crippen LogP contribution in [0.2, 0.25) is 0 Å². The van der Waals surface area contributed by atoms with Crippen LogP contribution in [0.4, 0.5) is 5.82 Å². The quantitative estimate of drug-likeness (QED) is 0.599. The minimum Gasteiger partial charge on any atom is -0.496 e. The second-order valence-corrected chi connectivity index (χ2v) is 5.84. The maximum Gasteiger partial charge on any atom is 0.262 e. The second kappa shape index (κ2) is 7.21. The van der Waals surface area contributed by atoms with Crippen LogP contribution in [0.5, 0.6) is 5.75 Å². The fourth-order valence-corrected chi connectivity index (χ4v) is 2.75. The summed E-state index contributed by atoms with van der Waals surface area (Å²) in [6, 6.07) is 18.8. The van der Waals surface area contributed by atoms with Gasteiger partial charge in [0, 0.05) is 29.4 Å². The van der Waals surface area contributed by atoms with Crippen LogP contribution in [0.15, 0.2) is 73.1 Å². The average Bonchev–Trinajstić information content (AvgIpc) is 2.73. The number of fused-ring (bicyclic) bond motifs is 1. The predicted octanol–water partition coefficient (Wildman–Crippen LogP) is 3.95. The minimum absolute atomic E-state index is 0.333. The number of nitrogens with one attached hydrogen (secondary N) is 1. The Bertz CT molecular complexity index is 1110. The van der Waals surface area contributed by atoms with Crippen molar-refractivity contribution in [2.75, 3.05) is 12.4 Å². The number of methoxy groups -OCH3 is 1. The van der Waals surface area contributed by atoms with E-state index in [0.29, 0.717) is 22.8 Å². The largest absolute Gasteiger partial charge is 0.496 e. The smallest absolute Gasteiger partial charge is 0.262 e. The van der Waals surface area contributed by atoms with Crippen molar-refractivity contribution < 1.29 is 9.53 Å². The number of carbonyl (C=O) groups is 1. The molecule has 0 saturated carbocycles. The Balaban J connectivity index is 1.62. The third-order valence-corrected chi connectivity index (χ3v) is 4.11. The molecule has 0 spiro atoms. The molecule has 0 aliphatic carbocycles. The number of hydrogen-bond acceptors (Lipinski definition) is 5. The highest BCUT2D eigenvalue weighted by molar-refractivity contribution is 6.06. The third kappa shape index (κ3) is 3.46. The normalized spacial score (nSPS) is 10.6. The molecule has 6 heteroatoms. The topological polar surface area (TPSA) is 77.0 Å². The van der Waals surface area contributed by atoms with E-state index in [1.807, 2.05) is 48.5 Å². The Morgan fingerprint density at radius 3 is 2.67 bits per heavy atom. The molecule has 3 heterocycles. The summed E-state index contributed by atoms with van der Waals surface area (Å²) in [6.07, 6.45) is 3.17. The number of ether oxygens (including phenoxy) is 1. The van der Waals surface area contributed by atoms with Gasteiger partial charge in [-0.05, 0) is 24.3 Å². The van der Waals surface area contributed by atoms with Crippen LogP contribution in [0, 0.1) is 0 Å². The molecule has 0 bridgehead atoms. The van der Waals surface area contributed by atoms with Crippen LogP contribution in [0.3, 0.4) is 0 Å². The van der Waals surface area contributed by atoms with Gasteiger partial charge in [0.15, 0.2) is 5.65 Å². The van der Waals surface area contributed by atoms with Gasteiger partial charge in [0.05, 0.1) is 12.8 Å². The summed E-state index contributed by atoms with van der Waals surface area (Å²) in [4.78, 5) is 25.6. The molecule has 0 radical (unpaired) electrons. The van der Waals surface area contributed by atoms with Crippen LogP contribution in [0.25, 0.3) is 22.3 Å². The molecule has 0 atom stereocenters. The molecule has 3 aromatic heterocycles. The van der Waals surface area contributed by atoms with Crippen molar-refractivity contribution in [1.29, 1.82) is 0 Å². The Kier molecular flexibility index (Phi) is 4.45. The van der Waals surface area contributed by atoms with Crippen LogP contribution < -0.4 is 10.1 Å². The van der Waals surface area contributed by atoms with Gasteiger partial charge in [-0.25, -0.2) is 9.97 Å². The van der Waals surface area contributed by atoms with Gasteiger partial charge in [-0.1, -0.05) is 30.3 Å². The van der Waals surface area contributed by atoms with Gasteiger partial charge in [0.25, 0.3) is 5.91 Å². The summed E-state index contributed by atoms with van der Waals surface area (Å²) in [7, 11) is 1.53. The summed E-state index contributed by atoms with van der Waals surface area (Å²) in [5, 5.41) is 3.68.